The number of nitrogens with one attached hydrogen (secondary N) is 1. The molecular weight excluding hydrogens is 315 g/mol. The highest BCUT2D eigenvalue weighted by Gasteiger charge is 2.16. The molecule has 2 heterocycles. The van der Waals surface area contributed by atoms with E-state index in [0.717, 1.165) is 0 Å². The van der Waals surface area contributed by atoms with Crippen LogP contribution in [0.2, 0.25) is 0 Å². The van der Waals surface area contributed by atoms with Gasteiger partial charge < -0.3 is 19.2 Å². The normalized spacial score (nSPS) is 10.8. The van der Waals surface area contributed by atoms with Crippen LogP contribution in [0, 0.1) is 5.82 Å². The lowest BCUT2D eigenvalue weighted by molar-refractivity contribution is 0.0997. The molecule has 1 amide bonds. The summed E-state index contributed by atoms with van der Waals surface area (Å²) < 4.78 is 29.3. The summed E-state index contributed by atoms with van der Waals surface area (Å²) >= 11 is 0. The van der Waals surface area contributed by atoms with Crippen molar-refractivity contribution in [3.63, 3.8) is 0 Å². The Hall–Kier alpha value is -2.93. The zero-order chi connectivity index (χ0) is 16.9. The minimum absolute atomic E-state index is 0.00166. The number of carbonyl (C=O) groups excluding carboxylic acids is 1. The fourth-order valence-corrected chi connectivity index (χ4v) is 2.15. The monoisotopic (exact) mass is 330 g/mol. The average Bonchev–Trinajstić information content (AvgIpc) is 3.02. The standard InChI is InChI=1S/C17H15FN2O4/c1-22-8-9-23-17-13(6-3-7-19-17)20-16(21)14-10-11-4-2-5-12(18)15(11)24-14/h2-7,10H,8-9H2,1H3,(H,20,21). The van der Waals surface area contributed by atoms with Gasteiger partial charge in [0.2, 0.25) is 5.88 Å². The van der Waals surface area contributed by atoms with Crippen LogP contribution >= 0.6 is 0 Å². The highest BCUT2D eigenvalue weighted by molar-refractivity contribution is 6.05. The number of pyridine rings is 1. The van der Waals surface area contributed by atoms with Gasteiger partial charge in [-0.2, -0.15) is 0 Å². The number of hydrogen-bond donors (Lipinski definition) is 1. The van der Waals surface area contributed by atoms with Crippen LogP contribution < -0.4 is 10.1 Å². The largest absolute Gasteiger partial charge is 0.474 e. The van der Waals surface area contributed by atoms with Crippen LogP contribution in [0.15, 0.2) is 47.0 Å². The number of furan rings is 1. The van der Waals surface area contributed by atoms with Gasteiger partial charge in [-0.05, 0) is 24.3 Å². The molecule has 0 atom stereocenters. The van der Waals surface area contributed by atoms with E-state index in [4.69, 9.17) is 13.9 Å². The Kier molecular flexibility index (Phi) is 4.72. The summed E-state index contributed by atoms with van der Waals surface area (Å²) in [5, 5.41) is 3.17. The topological polar surface area (TPSA) is 73.6 Å². The minimum atomic E-state index is -0.518. The molecule has 6 nitrogen and oxygen atoms in total. The van der Waals surface area contributed by atoms with Crippen LogP contribution in [0.4, 0.5) is 10.1 Å². The lowest BCUT2D eigenvalue weighted by Gasteiger charge is -2.10. The molecule has 3 rings (SSSR count). The third kappa shape index (κ3) is 3.36. The van der Waals surface area contributed by atoms with E-state index in [0.29, 0.717) is 24.3 Å². The Labute approximate surface area is 137 Å². The number of rotatable bonds is 6. The SMILES string of the molecule is COCCOc1ncccc1NC(=O)c1cc2cccc(F)c2o1. The molecule has 1 aromatic carbocycles. The summed E-state index contributed by atoms with van der Waals surface area (Å²) in [7, 11) is 1.56. The lowest BCUT2D eigenvalue weighted by atomic mass is 10.2. The summed E-state index contributed by atoms with van der Waals surface area (Å²) in [4.78, 5) is 16.4. The average molecular weight is 330 g/mol. The van der Waals surface area contributed by atoms with E-state index in [1.54, 1.807) is 37.6 Å². The van der Waals surface area contributed by atoms with Crippen LogP contribution in [0.3, 0.4) is 0 Å². The van der Waals surface area contributed by atoms with Gasteiger partial charge in [0.1, 0.15) is 12.3 Å². The molecule has 0 aliphatic rings. The van der Waals surface area contributed by atoms with Gasteiger partial charge in [0, 0.05) is 18.7 Å². The van der Waals surface area contributed by atoms with E-state index >= 15 is 0 Å². The molecule has 24 heavy (non-hydrogen) atoms. The van der Waals surface area contributed by atoms with Crippen molar-refractivity contribution in [1.29, 1.82) is 0 Å². The van der Waals surface area contributed by atoms with Crippen molar-refractivity contribution in [1.82, 2.24) is 4.98 Å². The van der Waals surface area contributed by atoms with Gasteiger partial charge in [0.05, 0.1) is 6.61 Å². The number of fused-ring (bicyclic) bond motifs is 1. The Morgan fingerprint density at radius 2 is 2.17 bits per heavy atom. The third-order valence-electron chi connectivity index (χ3n) is 3.27. The first-order valence-electron chi connectivity index (χ1n) is 7.25. The number of carbonyl (C=O) groups is 1. The zero-order valence-corrected chi connectivity index (χ0v) is 12.9. The maximum Gasteiger partial charge on any atom is 0.291 e. The number of para-hydroxylation sites is 1. The molecule has 0 fully saturated rings. The van der Waals surface area contributed by atoms with Crippen molar-refractivity contribution in [2.75, 3.05) is 25.6 Å². The van der Waals surface area contributed by atoms with Gasteiger partial charge in [-0.15, -0.1) is 0 Å². The van der Waals surface area contributed by atoms with Crippen LogP contribution in [0.1, 0.15) is 10.6 Å². The maximum absolute atomic E-state index is 13.7. The number of anilines is 1. The van der Waals surface area contributed by atoms with Crippen molar-refractivity contribution in [3.05, 3.63) is 54.2 Å². The molecule has 0 saturated heterocycles. The Bertz CT molecular complexity index is 863. The third-order valence-corrected chi connectivity index (χ3v) is 3.27. The fraction of sp³-hybridized carbons (Fsp3) is 0.176. The van der Waals surface area contributed by atoms with E-state index < -0.39 is 11.7 Å². The molecule has 0 aliphatic heterocycles. The van der Waals surface area contributed by atoms with Crippen LogP contribution in [0.25, 0.3) is 11.0 Å². The molecule has 0 radical (unpaired) electrons. The fourth-order valence-electron chi connectivity index (χ4n) is 2.15. The van der Waals surface area contributed by atoms with Crippen LogP contribution in [-0.2, 0) is 4.74 Å². The summed E-state index contributed by atoms with van der Waals surface area (Å²) in [6, 6.07) is 9.29. The molecule has 2 aromatic heterocycles. The summed E-state index contributed by atoms with van der Waals surface area (Å²) in [5.74, 6) is -0.765. The number of benzene rings is 1. The first-order chi connectivity index (χ1) is 11.7. The Morgan fingerprint density at radius 1 is 1.29 bits per heavy atom. The molecule has 0 unspecified atom stereocenters. The van der Waals surface area contributed by atoms with E-state index in [1.165, 1.54) is 12.1 Å². The van der Waals surface area contributed by atoms with E-state index in [9.17, 15) is 9.18 Å². The second kappa shape index (κ2) is 7.10. The smallest absolute Gasteiger partial charge is 0.291 e. The zero-order valence-electron chi connectivity index (χ0n) is 12.9. The van der Waals surface area contributed by atoms with Gasteiger partial charge in [-0.25, -0.2) is 9.37 Å². The van der Waals surface area contributed by atoms with E-state index in [1.807, 2.05) is 0 Å². The van der Waals surface area contributed by atoms with Crippen molar-refractivity contribution in [2.24, 2.45) is 0 Å². The van der Waals surface area contributed by atoms with Gasteiger partial charge >= 0.3 is 0 Å². The van der Waals surface area contributed by atoms with E-state index in [-0.39, 0.29) is 17.2 Å². The van der Waals surface area contributed by atoms with Crippen LogP contribution in [0.5, 0.6) is 5.88 Å². The van der Waals surface area contributed by atoms with Gasteiger partial charge in [-0.3, -0.25) is 4.79 Å². The molecular formula is C17H15FN2O4. The number of nitrogens with zero attached hydrogens (tertiary/aromatic N) is 1. The highest BCUT2D eigenvalue weighted by Crippen LogP contribution is 2.25. The number of methoxy groups -OCH3 is 1. The number of hydrogen-bond acceptors (Lipinski definition) is 5. The Balaban J connectivity index is 1.80. The number of aromatic nitrogens is 1. The first kappa shape index (κ1) is 15.9. The molecule has 0 saturated carbocycles. The van der Waals surface area contributed by atoms with Crippen LogP contribution in [-0.4, -0.2) is 31.2 Å². The number of amides is 1. The minimum Gasteiger partial charge on any atom is -0.474 e. The second-order valence-corrected chi connectivity index (χ2v) is 4.92. The summed E-state index contributed by atoms with van der Waals surface area (Å²) in [6.45, 7) is 0.693. The van der Waals surface area contributed by atoms with Crippen molar-refractivity contribution >= 4 is 22.6 Å². The molecule has 0 aliphatic carbocycles. The van der Waals surface area contributed by atoms with Crippen molar-refractivity contribution in [2.45, 2.75) is 0 Å². The molecule has 3 aromatic rings. The van der Waals surface area contributed by atoms with Gasteiger partial charge in [0.15, 0.2) is 17.2 Å². The predicted octanol–water partition coefficient (Wildman–Crippen LogP) is 3.24. The maximum atomic E-state index is 13.7. The Morgan fingerprint density at radius 3 is 2.96 bits per heavy atom. The molecule has 0 bridgehead atoms. The molecule has 7 heteroatoms. The number of ether oxygens (including phenoxy) is 2. The van der Waals surface area contributed by atoms with Gasteiger partial charge in [-0.1, -0.05) is 12.1 Å². The predicted molar refractivity (Wildman–Crippen MR) is 85.7 cm³/mol. The van der Waals surface area contributed by atoms with Crippen molar-refractivity contribution < 1.29 is 23.1 Å². The van der Waals surface area contributed by atoms with Gasteiger partial charge in [0.25, 0.3) is 5.91 Å². The lowest BCUT2D eigenvalue weighted by Crippen LogP contribution is -2.13. The van der Waals surface area contributed by atoms with Crippen molar-refractivity contribution in [3.8, 4) is 5.88 Å². The summed E-state index contributed by atoms with van der Waals surface area (Å²) in [6.07, 6.45) is 1.55. The van der Waals surface area contributed by atoms with E-state index in [2.05, 4.69) is 10.3 Å². The summed E-state index contributed by atoms with van der Waals surface area (Å²) in [5.41, 5.74) is 0.435. The highest BCUT2D eigenvalue weighted by atomic mass is 19.1. The molecule has 124 valence electrons. The molecule has 0 spiro atoms. The molecule has 1 N–H and O–H groups in total. The second-order valence-electron chi connectivity index (χ2n) is 4.92. The first-order valence-corrected chi connectivity index (χ1v) is 7.25. The quantitative estimate of drug-likeness (QED) is 0.702. The number of halogens is 1.